The first-order valence-corrected chi connectivity index (χ1v) is 9.19. The Bertz CT molecular complexity index is 770. The molecule has 0 unspecified atom stereocenters. The van der Waals surface area contributed by atoms with Crippen molar-refractivity contribution in [2.75, 3.05) is 19.6 Å². The van der Waals surface area contributed by atoms with Gasteiger partial charge in [-0.1, -0.05) is 18.2 Å². The number of amides is 1. The molecule has 0 spiro atoms. The van der Waals surface area contributed by atoms with Crippen LogP contribution in [0.3, 0.4) is 0 Å². The Labute approximate surface area is 155 Å². The Morgan fingerprint density at radius 2 is 2.00 bits per heavy atom. The minimum atomic E-state index is -0.244. The molecule has 2 aromatic rings. The number of hydrogen-bond donors (Lipinski definition) is 4. The van der Waals surface area contributed by atoms with Crippen LogP contribution < -0.4 is 16.0 Å². The highest BCUT2D eigenvalue weighted by molar-refractivity contribution is 5.86. The van der Waals surface area contributed by atoms with Gasteiger partial charge in [0.1, 0.15) is 6.54 Å². The second kappa shape index (κ2) is 8.74. The minimum absolute atomic E-state index is 0.0817. The number of nitrogens with one attached hydrogen (secondary N) is 4. The van der Waals surface area contributed by atoms with Gasteiger partial charge in [-0.05, 0) is 52.2 Å². The van der Waals surface area contributed by atoms with E-state index in [-0.39, 0.29) is 18.0 Å². The molecule has 1 heterocycles. The molecule has 6 nitrogen and oxygen atoms in total. The van der Waals surface area contributed by atoms with E-state index in [0.29, 0.717) is 5.96 Å². The molecule has 0 saturated carbocycles. The second-order valence-electron chi connectivity index (χ2n) is 7.48. The van der Waals surface area contributed by atoms with Crippen LogP contribution in [0.4, 0.5) is 0 Å². The van der Waals surface area contributed by atoms with Crippen molar-refractivity contribution in [2.45, 2.75) is 46.6 Å². The standard InChI is InChI=1S/C20H31N5O/c1-6-21-19(24-13-17(26)25-20(3,4)5)22-11-10-15-12-23-18-14(2)8-7-9-16(15)18/h7-9,12,23H,6,10-11,13H2,1-5H3,(H,25,26)(H2,21,22,24). The van der Waals surface area contributed by atoms with Crippen molar-refractivity contribution in [1.29, 1.82) is 0 Å². The molecule has 26 heavy (non-hydrogen) atoms. The summed E-state index contributed by atoms with van der Waals surface area (Å²) in [6.07, 6.45) is 2.95. The Balaban J connectivity index is 1.92. The first kappa shape index (κ1) is 19.8. The summed E-state index contributed by atoms with van der Waals surface area (Å²) in [4.78, 5) is 19.7. The lowest BCUT2D eigenvalue weighted by Crippen LogP contribution is -2.43. The van der Waals surface area contributed by atoms with Crippen molar-refractivity contribution in [3.05, 3.63) is 35.5 Å². The van der Waals surface area contributed by atoms with Gasteiger partial charge in [-0.3, -0.25) is 4.79 Å². The number of aliphatic imine (C=N–C) groups is 1. The maximum atomic E-state index is 11.9. The molecule has 0 aliphatic carbocycles. The Hall–Kier alpha value is -2.50. The van der Waals surface area contributed by atoms with Crippen LogP contribution in [0.15, 0.2) is 29.4 Å². The third-order valence-electron chi connectivity index (χ3n) is 3.94. The molecule has 0 atom stereocenters. The van der Waals surface area contributed by atoms with Gasteiger partial charge in [-0.15, -0.1) is 0 Å². The highest BCUT2D eigenvalue weighted by Crippen LogP contribution is 2.21. The molecule has 0 aliphatic heterocycles. The molecule has 6 heteroatoms. The van der Waals surface area contributed by atoms with E-state index in [1.165, 1.54) is 22.0 Å². The van der Waals surface area contributed by atoms with Gasteiger partial charge in [0.05, 0.1) is 0 Å². The second-order valence-corrected chi connectivity index (χ2v) is 7.48. The van der Waals surface area contributed by atoms with Crippen molar-refractivity contribution < 1.29 is 4.79 Å². The van der Waals surface area contributed by atoms with E-state index in [9.17, 15) is 4.79 Å². The molecule has 0 bridgehead atoms. The minimum Gasteiger partial charge on any atom is -0.361 e. The van der Waals surface area contributed by atoms with Gasteiger partial charge in [-0.2, -0.15) is 0 Å². The predicted octanol–water partition coefficient (Wildman–Crippen LogP) is 2.49. The van der Waals surface area contributed by atoms with Crippen LogP contribution in [0.2, 0.25) is 0 Å². The first-order valence-electron chi connectivity index (χ1n) is 9.19. The fraction of sp³-hybridized carbons (Fsp3) is 0.500. The van der Waals surface area contributed by atoms with Crippen LogP contribution in [0.1, 0.15) is 38.8 Å². The average Bonchev–Trinajstić information content (AvgIpc) is 2.96. The normalized spacial score (nSPS) is 12.3. The van der Waals surface area contributed by atoms with Crippen LogP contribution in [-0.4, -0.2) is 42.0 Å². The van der Waals surface area contributed by atoms with Crippen LogP contribution in [0, 0.1) is 6.92 Å². The molecule has 0 radical (unpaired) electrons. The quantitative estimate of drug-likeness (QED) is 0.474. The number of aryl methyl sites for hydroxylation is 1. The molecule has 2 rings (SSSR count). The zero-order valence-corrected chi connectivity index (χ0v) is 16.5. The van der Waals surface area contributed by atoms with Crippen LogP contribution in [-0.2, 0) is 11.2 Å². The monoisotopic (exact) mass is 357 g/mol. The van der Waals surface area contributed by atoms with E-state index in [1.54, 1.807) is 0 Å². The van der Waals surface area contributed by atoms with E-state index in [2.05, 4.69) is 57.2 Å². The highest BCUT2D eigenvalue weighted by atomic mass is 16.2. The van der Waals surface area contributed by atoms with Gasteiger partial charge in [0.2, 0.25) is 5.91 Å². The number of aromatic amines is 1. The number of fused-ring (bicyclic) bond motifs is 1. The molecule has 4 N–H and O–H groups in total. The summed E-state index contributed by atoms with van der Waals surface area (Å²) in [5.74, 6) is 0.578. The van der Waals surface area contributed by atoms with Crippen molar-refractivity contribution >= 4 is 22.8 Å². The third-order valence-corrected chi connectivity index (χ3v) is 3.94. The summed E-state index contributed by atoms with van der Waals surface area (Å²) in [6.45, 7) is 11.6. The number of guanidine groups is 1. The number of carbonyl (C=O) groups is 1. The van der Waals surface area contributed by atoms with E-state index in [4.69, 9.17) is 0 Å². The van der Waals surface area contributed by atoms with Gasteiger partial charge in [0, 0.05) is 35.7 Å². The summed E-state index contributed by atoms with van der Waals surface area (Å²) < 4.78 is 0. The molecule has 0 fully saturated rings. The maximum Gasteiger partial charge on any atom is 0.242 e. The zero-order valence-electron chi connectivity index (χ0n) is 16.5. The van der Waals surface area contributed by atoms with Gasteiger partial charge < -0.3 is 20.9 Å². The summed E-state index contributed by atoms with van der Waals surface area (Å²) >= 11 is 0. The predicted molar refractivity (Wildman–Crippen MR) is 109 cm³/mol. The number of carbonyl (C=O) groups excluding carboxylic acids is 1. The maximum absolute atomic E-state index is 11.9. The summed E-state index contributed by atoms with van der Waals surface area (Å²) in [5.41, 5.74) is 3.48. The number of nitrogens with zero attached hydrogens (tertiary/aromatic N) is 1. The van der Waals surface area contributed by atoms with Crippen molar-refractivity contribution in [3.63, 3.8) is 0 Å². The SMILES string of the molecule is CCNC(=NCC(=O)NC(C)(C)C)NCCc1c[nH]c2c(C)cccc12. The van der Waals surface area contributed by atoms with E-state index < -0.39 is 0 Å². The number of rotatable bonds is 6. The van der Waals surface area contributed by atoms with Crippen molar-refractivity contribution in [2.24, 2.45) is 4.99 Å². The average molecular weight is 358 g/mol. The molecule has 1 amide bonds. The third kappa shape index (κ3) is 5.79. The van der Waals surface area contributed by atoms with Crippen molar-refractivity contribution in [1.82, 2.24) is 20.9 Å². The Morgan fingerprint density at radius 1 is 1.23 bits per heavy atom. The van der Waals surface area contributed by atoms with E-state index in [1.807, 2.05) is 27.7 Å². The molecule has 0 aliphatic rings. The lowest BCUT2D eigenvalue weighted by Gasteiger charge is -2.20. The molecule has 1 aromatic carbocycles. The Morgan fingerprint density at radius 3 is 2.69 bits per heavy atom. The fourth-order valence-electron chi connectivity index (χ4n) is 2.84. The van der Waals surface area contributed by atoms with Gasteiger partial charge in [-0.25, -0.2) is 4.99 Å². The lowest BCUT2D eigenvalue weighted by atomic mass is 10.1. The molecular formula is C20H31N5O. The molecular weight excluding hydrogens is 326 g/mol. The molecule has 142 valence electrons. The number of para-hydroxylation sites is 1. The zero-order chi connectivity index (χ0) is 19.2. The topological polar surface area (TPSA) is 81.3 Å². The van der Waals surface area contributed by atoms with E-state index >= 15 is 0 Å². The summed E-state index contributed by atoms with van der Waals surface area (Å²) in [7, 11) is 0. The van der Waals surface area contributed by atoms with Crippen molar-refractivity contribution in [3.8, 4) is 0 Å². The van der Waals surface area contributed by atoms with Crippen LogP contribution >= 0.6 is 0 Å². The number of H-pyrrole nitrogens is 1. The highest BCUT2D eigenvalue weighted by Gasteiger charge is 2.13. The van der Waals surface area contributed by atoms with Crippen LogP contribution in [0.25, 0.3) is 10.9 Å². The first-order chi connectivity index (χ1) is 12.3. The number of hydrogen-bond acceptors (Lipinski definition) is 2. The lowest BCUT2D eigenvalue weighted by molar-refractivity contribution is -0.121. The van der Waals surface area contributed by atoms with Gasteiger partial charge in [0.25, 0.3) is 0 Å². The summed E-state index contributed by atoms with van der Waals surface area (Å²) in [6, 6.07) is 6.34. The van der Waals surface area contributed by atoms with E-state index in [0.717, 1.165) is 19.5 Å². The van der Waals surface area contributed by atoms with Crippen LogP contribution in [0.5, 0.6) is 0 Å². The number of benzene rings is 1. The molecule has 0 saturated heterocycles. The van der Waals surface area contributed by atoms with Gasteiger partial charge >= 0.3 is 0 Å². The Kier molecular flexibility index (Phi) is 6.66. The summed E-state index contributed by atoms with van der Waals surface area (Å²) in [5, 5.41) is 10.7. The fourth-order valence-corrected chi connectivity index (χ4v) is 2.84. The molecule has 1 aromatic heterocycles. The van der Waals surface area contributed by atoms with Gasteiger partial charge in [0.15, 0.2) is 5.96 Å². The largest absolute Gasteiger partial charge is 0.361 e. The smallest absolute Gasteiger partial charge is 0.242 e. The number of aromatic nitrogens is 1.